The van der Waals surface area contributed by atoms with E-state index in [4.69, 9.17) is 5.11 Å². The Balaban J connectivity index is 1.97. The van der Waals surface area contributed by atoms with E-state index >= 15 is 0 Å². The number of carboxylic acids is 1. The lowest BCUT2D eigenvalue weighted by Gasteiger charge is -2.39. The SMILES string of the molecule is CC1(NC(=O)NC(C(=O)O)c2cccs2)CCC1. The maximum absolute atomic E-state index is 11.8. The molecule has 1 aliphatic carbocycles. The number of carbonyl (C=O) groups excluding carboxylic acids is 1. The van der Waals surface area contributed by atoms with Crippen LogP contribution in [0.4, 0.5) is 4.79 Å². The molecule has 0 saturated heterocycles. The summed E-state index contributed by atoms with van der Waals surface area (Å²) in [6.07, 6.45) is 2.98. The molecule has 1 fully saturated rings. The maximum Gasteiger partial charge on any atom is 0.331 e. The highest BCUT2D eigenvalue weighted by Gasteiger charge is 2.34. The lowest BCUT2D eigenvalue weighted by atomic mass is 9.79. The lowest BCUT2D eigenvalue weighted by molar-refractivity contribution is -0.139. The van der Waals surface area contributed by atoms with Gasteiger partial charge in [0.05, 0.1) is 0 Å². The van der Waals surface area contributed by atoms with Crippen LogP contribution in [0, 0.1) is 0 Å². The van der Waals surface area contributed by atoms with Crippen LogP contribution < -0.4 is 10.6 Å². The fourth-order valence-corrected chi connectivity index (χ4v) is 2.75. The topological polar surface area (TPSA) is 78.4 Å². The fraction of sp³-hybridized carbons (Fsp3) is 0.500. The molecule has 0 radical (unpaired) electrons. The monoisotopic (exact) mass is 268 g/mol. The van der Waals surface area contributed by atoms with E-state index in [0.29, 0.717) is 4.88 Å². The van der Waals surface area contributed by atoms with Gasteiger partial charge in [-0.3, -0.25) is 0 Å². The first-order valence-corrected chi connectivity index (χ1v) is 6.73. The van der Waals surface area contributed by atoms with Gasteiger partial charge >= 0.3 is 12.0 Å². The minimum Gasteiger partial charge on any atom is -0.479 e. The van der Waals surface area contributed by atoms with Gasteiger partial charge in [-0.1, -0.05) is 6.07 Å². The van der Waals surface area contributed by atoms with Gasteiger partial charge in [-0.15, -0.1) is 11.3 Å². The molecule has 0 aliphatic heterocycles. The maximum atomic E-state index is 11.8. The zero-order valence-corrected chi connectivity index (χ0v) is 10.9. The molecule has 18 heavy (non-hydrogen) atoms. The van der Waals surface area contributed by atoms with Crippen LogP contribution in [0.15, 0.2) is 17.5 Å². The summed E-state index contributed by atoms with van der Waals surface area (Å²) in [7, 11) is 0. The van der Waals surface area contributed by atoms with Crippen molar-refractivity contribution in [3.8, 4) is 0 Å². The number of carboxylic acid groups (broad SMARTS) is 1. The second kappa shape index (κ2) is 4.97. The van der Waals surface area contributed by atoms with Crippen LogP contribution in [0.1, 0.15) is 37.1 Å². The molecule has 6 heteroatoms. The van der Waals surface area contributed by atoms with Crippen molar-refractivity contribution in [3.05, 3.63) is 22.4 Å². The predicted octanol–water partition coefficient (Wildman–Crippen LogP) is 2.12. The minimum absolute atomic E-state index is 0.178. The van der Waals surface area contributed by atoms with Crippen molar-refractivity contribution in [2.75, 3.05) is 0 Å². The molecule has 2 amide bonds. The summed E-state index contributed by atoms with van der Waals surface area (Å²) in [6, 6.07) is 2.07. The average molecular weight is 268 g/mol. The third-order valence-electron chi connectivity index (χ3n) is 3.22. The Hall–Kier alpha value is -1.56. The Morgan fingerprint density at radius 2 is 2.22 bits per heavy atom. The Labute approximate surface area is 109 Å². The highest BCUT2D eigenvalue weighted by molar-refractivity contribution is 7.10. The molecule has 1 aliphatic rings. The quantitative estimate of drug-likeness (QED) is 0.782. The van der Waals surface area contributed by atoms with E-state index in [-0.39, 0.29) is 5.54 Å². The molecule has 5 nitrogen and oxygen atoms in total. The number of amides is 2. The van der Waals surface area contributed by atoms with E-state index in [2.05, 4.69) is 10.6 Å². The molecular formula is C12H16N2O3S. The summed E-state index contributed by atoms with van der Waals surface area (Å²) in [4.78, 5) is 23.5. The molecule has 1 aromatic rings. The average Bonchev–Trinajstić information content (AvgIpc) is 2.76. The van der Waals surface area contributed by atoms with Crippen LogP contribution in [0.2, 0.25) is 0 Å². The fourth-order valence-electron chi connectivity index (χ4n) is 1.98. The molecule has 2 rings (SSSR count). The van der Waals surface area contributed by atoms with E-state index in [1.165, 1.54) is 11.3 Å². The van der Waals surface area contributed by atoms with Crippen LogP contribution in [-0.2, 0) is 4.79 Å². The van der Waals surface area contributed by atoms with E-state index < -0.39 is 18.0 Å². The molecule has 0 aromatic carbocycles. The van der Waals surface area contributed by atoms with E-state index in [9.17, 15) is 9.59 Å². The Bertz CT molecular complexity index is 440. The molecule has 98 valence electrons. The lowest BCUT2D eigenvalue weighted by Crippen LogP contribution is -2.55. The van der Waals surface area contributed by atoms with Crippen molar-refractivity contribution < 1.29 is 14.7 Å². The molecular weight excluding hydrogens is 252 g/mol. The van der Waals surface area contributed by atoms with Crippen molar-refractivity contribution in [1.82, 2.24) is 10.6 Å². The normalized spacial score (nSPS) is 18.5. The van der Waals surface area contributed by atoms with Gasteiger partial charge in [0.15, 0.2) is 6.04 Å². The molecule has 1 aromatic heterocycles. The van der Waals surface area contributed by atoms with Crippen molar-refractivity contribution in [2.45, 2.75) is 37.8 Å². The predicted molar refractivity (Wildman–Crippen MR) is 68.6 cm³/mol. The van der Waals surface area contributed by atoms with Crippen LogP contribution in [0.5, 0.6) is 0 Å². The first-order chi connectivity index (χ1) is 8.50. The number of aliphatic carboxylic acids is 1. The van der Waals surface area contributed by atoms with Gasteiger partial charge < -0.3 is 15.7 Å². The smallest absolute Gasteiger partial charge is 0.331 e. The van der Waals surface area contributed by atoms with Gasteiger partial charge in [-0.2, -0.15) is 0 Å². The number of rotatable bonds is 4. The van der Waals surface area contributed by atoms with Crippen molar-refractivity contribution in [3.63, 3.8) is 0 Å². The van der Waals surface area contributed by atoms with E-state index in [1.807, 2.05) is 6.92 Å². The number of thiophene rings is 1. The van der Waals surface area contributed by atoms with Crippen LogP contribution in [0.25, 0.3) is 0 Å². The second-order valence-electron chi connectivity index (χ2n) is 4.80. The number of carbonyl (C=O) groups is 2. The molecule has 0 spiro atoms. The van der Waals surface area contributed by atoms with Gasteiger partial charge in [0.2, 0.25) is 0 Å². The zero-order chi connectivity index (χ0) is 13.2. The number of nitrogens with one attached hydrogen (secondary N) is 2. The first-order valence-electron chi connectivity index (χ1n) is 5.85. The molecule has 0 bridgehead atoms. The standard InChI is InChI=1S/C12H16N2O3S/c1-12(5-3-6-12)14-11(17)13-9(10(15)16)8-4-2-7-18-8/h2,4,7,9H,3,5-6H2,1H3,(H,15,16)(H2,13,14,17). The van der Waals surface area contributed by atoms with Gasteiger partial charge in [0.25, 0.3) is 0 Å². The van der Waals surface area contributed by atoms with Crippen molar-refractivity contribution in [2.24, 2.45) is 0 Å². The van der Waals surface area contributed by atoms with Gasteiger partial charge in [-0.05, 0) is 37.6 Å². The Morgan fingerprint density at radius 3 is 2.67 bits per heavy atom. The highest BCUT2D eigenvalue weighted by Crippen LogP contribution is 2.30. The Morgan fingerprint density at radius 1 is 1.50 bits per heavy atom. The number of hydrogen-bond donors (Lipinski definition) is 3. The molecule has 1 unspecified atom stereocenters. The second-order valence-corrected chi connectivity index (χ2v) is 5.78. The zero-order valence-electron chi connectivity index (χ0n) is 10.1. The van der Waals surface area contributed by atoms with Crippen LogP contribution in [-0.4, -0.2) is 22.6 Å². The van der Waals surface area contributed by atoms with E-state index in [1.54, 1.807) is 17.5 Å². The summed E-state index contributed by atoms with van der Waals surface area (Å²) in [5.41, 5.74) is -0.178. The van der Waals surface area contributed by atoms with Crippen LogP contribution in [0.3, 0.4) is 0 Å². The van der Waals surface area contributed by atoms with Gasteiger partial charge in [0, 0.05) is 10.4 Å². The largest absolute Gasteiger partial charge is 0.479 e. The molecule has 1 heterocycles. The molecule has 1 saturated carbocycles. The Kier molecular flexibility index (Phi) is 3.56. The molecule has 1 atom stereocenters. The number of urea groups is 1. The minimum atomic E-state index is -1.05. The highest BCUT2D eigenvalue weighted by atomic mass is 32.1. The summed E-state index contributed by atoms with van der Waals surface area (Å²) < 4.78 is 0. The molecule has 3 N–H and O–H groups in total. The third kappa shape index (κ3) is 2.81. The van der Waals surface area contributed by atoms with Crippen molar-refractivity contribution >= 4 is 23.3 Å². The van der Waals surface area contributed by atoms with Crippen molar-refractivity contribution in [1.29, 1.82) is 0 Å². The summed E-state index contributed by atoms with van der Waals surface area (Å²) >= 11 is 1.32. The first kappa shape index (κ1) is 12.9. The summed E-state index contributed by atoms with van der Waals surface area (Å²) in [5.74, 6) is -1.05. The van der Waals surface area contributed by atoms with E-state index in [0.717, 1.165) is 19.3 Å². The van der Waals surface area contributed by atoms with Crippen LogP contribution >= 0.6 is 11.3 Å². The summed E-state index contributed by atoms with van der Waals surface area (Å²) in [6.45, 7) is 1.97. The number of hydrogen-bond acceptors (Lipinski definition) is 3. The van der Waals surface area contributed by atoms with Gasteiger partial charge in [0.1, 0.15) is 0 Å². The summed E-state index contributed by atoms with van der Waals surface area (Å²) in [5, 5.41) is 16.3. The van der Waals surface area contributed by atoms with Gasteiger partial charge in [-0.25, -0.2) is 9.59 Å². The third-order valence-corrected chi connectivity index (χ3v) is 4.16.